The summed E-state index contributed by atoms with van der Waals surface area (Å²) in [7, 11) is 0. The quantitative estimate of drug-likeness (QED) is 0.494. The van der Waals surface area contributed by atoms with Crippen LogP contribution in [0.4, 0.5) is 34.1 Å². The molecule has 3 rings (SSSR count). The highest BCUT2D eigenvalue weighted by Crippen LogP contribution is 2.27. The maximum Gasteiger partial charge on any atom is 0.267 e. The first kappa shape index (κ1) is 17.9. The number of carbonyl (C=O) groups is 1. The molecular formula is C17H11F4N3OS. The third-order valence-corrected chi connectivity index (χ3v) is 4.45. The Bertz CT molecular complexity index is 973. The maximum atomic E-state index is 13.7. The van der Waals surface area contributed by atoms with Crippen LogP contribution in [-0.2, 0) is 0 Å². The third kappa shape index (κ3) is 3.67. The topological polar surface area (TPSA) is 54.0 Å². The summed E-state index contributed by atoms with van der Waals surface area (Å²) < 4.78 is 52.8. The van der Waals surface area contributed by atoms with Gasteiger partial charge < -0.3 is 10.6 Å². The Morgan fingerprint density at radius 3 is 2.38 bits per heavy atom. The Balaban J connectivity index is 1.79. The normalized spacial score (nSPS) is 10.7. The van der Waals surface area contributed by atoms with E-state index in [-0.39, 0.29) is 10.7 Å². The molecule has 0 aliphatic heterocycles. The maximum absolute atomic E-state index is 13.7. The number of hydrogen-bond donors (Lipinski definition) is 2. The van der Waals surface area contributed by atoms with Gasteiger partial charge in [0.15, 0.2) is 22.6 Å². The van der Waals surface area contributed by atoms with Gasteiger partial charge in [-0.2, -0.15) is 0 Å². The number of benzene rings is 2. The van der Waals surface area contributed by atoms with E-state index in [4.69, 9.17) is 0 Å². The van der Waals surface area contributed by atoms with E-state index < -0.39 is 29.0 Å². The average molecular weight is 381 g/mol. The van der Waals surface area contributed by atoms with Crippen molar-refractivity contribution in [2.45, 2.75) is 6.92 Å². The molecule has 0 spiro atoms. The lowest BCUT2D eigenvalue weighted by molar-refractivity contribution is 0.102. The van der Waals surface area contributed by atoms with Crippen molar-refractivity contribution in [3.05, 3.63) is 70.2 Å². The average Bonchev–Trinajstić information content (AvgIpc) is 2.98. The summed E-state index contributed by atoms with van der Waals surface area (Å²) in [6.45, 7) is 1.57. The molecule has 3 aromatic rings. The molecule has 0 saturated carbocycles. The van der Waals surface area contributed by atoms with Crippen LogP contribution in [0, 0.1) is 30.2 Å². The van der Waals surface area contributed by atoms with E-state index in [9.17, 15) is 22.4 Å². The molecule has 0 bridgehead atoms. The predicted octanol–water partition coefficient (Wildman–Crippen LogP) is 5.00. The highest BCUT2D eigenvalue weighted by atomic mass is 32.1. The zero-order valence-electron chi connectivity index (χ0n) is 13.2. The lowest BCUT2D eigenvalue weighted by Gasteiger charge is -2.06. The molecule has 134 valence electrons. The van der Waals surface area contributed by atoms with Crippen LogP contribution >= 0.6 is 11.3 Å². The largest absolute Gasteiger partial charge is 0.332 e. The van der Waals surface area contributed by atoms with E-state index in [2.05, 4.69) is 15.6 Å². The van der Waals surface area contributed by atoms with Crippen LogP contribution in [0.3, 0.4) is 0 Å². The summed E-state index contributed by atoms with van der Waals surface area (Å²) in [5, 5.41) is 5.47. The zero-order valence-corrected chi connectivity index (χ0v) is 14.1. The van der Waals surface area contributed by atoms with E-state index in [0.29, 0.717) is 16.5 Å². The van der Waals surface area contributed by atoms with Crippen molar-refractivity contribution < 1.29 is 22.4 Å². The summed E-state index contributed by atoms with van der Waals surface area (Å²) in [4.78, 5) is 16.6. The molecular weight excluding hydrogens is 370 g/mol. The van der Waals surface area contributed by atoms with Gasteiger partial charge in [0.1, 0.15) is 10.7 Å². The first-order valence-corrected chi connectivity index (χ1v) is 8.11. The van der Waals surface area contributed by atoms with Gasteiger partial charge in [-0.3, -0.25) is 4.79 Å². The van der Waals surface area contributed by atoms with Crippen molar-refractivity contribution in [2.75, 3.05) is 10.6 Å². The molecule has 2 aromatic carbocycles. The lowest BCUT2D eigenvalue weighted by Crippen LogP contribution is -2.13. The second-order valence-corrected chi connectivity index (χ2v) is 6.24. The first-order valence-electron chi connectivity index (χ1n) is 7.30. The number of hydrogen-bond acceptors (Lipinski definition) is 4. The van der Waals surface area contributed by atoms with Gasteiger partial charge in [-0.15, -0.1) is 0 Å². The van der Waals surface area contributed by atoms with Crippen molar-refractivity contribution >= 4 is 33.8 Å². The number of anilines is 3. The molecule has 0 radical (unpaired) electrons. The number of amides is 1. The number of carbonyl (C=O) groups excluding carboxylic acids is 1. The minimum atomic E-state index is -1.66. The van der Waals surface area contributed by atoms with Crippen LogP contribution < -0.4 is 10.6 Å². The van der Waals surface area contributed by atoms with Crippen LogP contribution in [0.15, 0.2) is 36.4 Å². The molecule has 1 heterocycles. The molecule has 1 aromatic heterocycles. The van der Waals surface area contributed by atoms with Crippen molar-refractivity contribution in [1.29, 1.82) is 0 Å². The van der Waals surface area contributed by atoms with Gasteiger partial charge in [0.25, 0.3) is 5.91 Å². The van der Waals surface area contributed by atoms with E-state index in [1.807, 2.05) is 0 Å². The lowest BCUT2D eigenvalue weighted by atomic mass is 10.2. The van der Waals surface area contributed by atoms with Gasteiger partial charge in [-0.05, 0) is 43.3 Å². The fourth-order valence-corrected chi connectivity index (χ4v) is 3.00. The highest BCUT2D eigenvalue weighted by molar-refractivity contribution is 7.17. The minimum absolute atomic E-state index is 0.166. The van der Waals surface area contributed by atoms with Crippen molar-refractivity contribution in [3.8, 4) is 0 Å². The Hall–Kier alpha value is -2.94. The summed E-state index contributed by atoms with van der Waals surface area (Å²) in [5.41, 5.74) is 0.452. The van der Waals surface area contributed by atoms with E-state index in [1.54, 1.807) is 6.92 Å². The molecule has 2 N–H and O–H groups in total. The van der Waals surface area contributed by atoms with Gasteiger partial charge >= 0.3 is 0 Å². The molecule has 0 fully saturated rings. The molecule has 0 saturated heterocycles. The molecule has 0 unspecified atom stereocenters. The third-order valence-electron chi connectivity index (χ3n) is 3.38. The monoisotopic (exact) mass is 381 g/mol. The van der Waals surface area contributed by atoms with Crippen molar-refractivity contribution in [2.24, 2.45) is 0 Å². The number of aryl methyl sites for hydroxylation is 1. The highest BCUT2D eigenvalue weighted by Gasteiger charge is 2.19. The first-order chi connectivity index (χ1) is 12.3. The second kappa shape index (κ2) is 7.12. The molecule has 0 aliphatic rings. The summed E-state index contributed by atoms with van der Waals surface area (Å²) in [6.07, 6.45) is 0. The summed E-state index contributed by atoms with van der Waals surface area (Å²) in [6, 6.07) is 7.18. The Labute approximate surface area is 149 Å². The molecule has 26 heavy (non-hydrogen) atoms. The van der Waals surface area contributed by atoms with E-state index >= 15 is 0 Å². The fourth-order valence-electron chi connectivity index (χ4n) is 2.12. The SMILES string of the molecule is Cc1nc(Nc2ccc(F)cc2)sc1C(=O)Nc1ccc(F)c(F)c1F. The molecule has 1 amide bonds. The predicted molar refractivity (Wildman–Crippen MR) is 90.8 cm³/mol. The Kier molecular flexibility index (Phi) is 4.90. The van der Waals surface area contributed by atoms with Gasteiger partial charge in [0.2, 0.25) is 0 Å². The molecule has 4 nitrogen and oxygen atoms in total. The number of thiazole rings is 1. The summed E-state index contributed by atoms with van der Waals surface area (Å²) >= 11 is 0.981. The van der Waals surface area contributed by atoms with Crippen LogP contribution in [-0.4, -0.2) is 10.9 Å². The number of rotatable bonds is 4. The smallest absolute Gasteiger partial charge is 0.267 e. The molecule has 9 heteroatoms. The number of nitrogens with zero attached hydrogens (tertiary/aromatic N) is 1. The van der Waals surface area contributed by atoms with Crippen molar-refractivity contribution in [3.63, 3.8) is 0 Å². The van der Waals surface area contributed by atoms with E-state index in [1.165, 1.54) is 24.3 Å². The van der Waals surface area contributed by atoms with Crippen LogP contribution in [0.5, 0.6) is 0 Å². The van der Waals surface area contributed by atoms with Crippen LogP contribution in [0.2, 0.25) is 0 Å². The number of halogens is 4. The molecule has 0 atom stereocenters. The second-order valence-electron chi connectivity index (χ2n) is 5.24. The summed E-state index contributed by atoms with van der Waals surface area (Å²) in [5.74, 6) is -5.59. The Morgan fingerprint density at radius 2 is 1.69 bits per heavy atom. The van der Waals surface area contributed by atoms with Gasteiger partial charge in [0, 0.05) is 5.69 Å². The minimum Gasteiger partial charge on any atom is -0.332 e. The van der Waals surface area contributed by atoms with Crippen molar-refractivity contribution in [1.82, 2.24) is 4.98 Å². The number of nitrogens with one attached hydrogen (secondary N) is 2. The zero-order chi connectivity index (χ0) is 18.8. The molecule has 0 aliphatic carbocycles. The van der Waals surface area contributed by atoms with Gasteiger partial charge in [-0.1, -0.05) is 11.3 Å². The van der Waals surface area contributed by atoms with Crippen LogP contribution in [0.1, 0.15) is 15.4 Å². The standard InChI is InChI=1S/C17H11F4N3OS/c1-8-15(16(25)24-12-7-6-11(19)13(20)14(12)21)26-17(22-8)23-10-4-2-9(18)3-5-10/h2-7H,1H3,(H,22,23)(H,24,25). The van der Waals surface area contributed by atoms with Gasteiger partial charge in [0.05, 0.1) is 11.4 Å². The van der Waals surface area contributed by atoms with Gasteiger partial charge in [-0.25, -0.2) is 22.5 Å². The Morgan fingerprint density at radius 1 is 1.00 bits per heavy atom. The van der Waals surface area contributed by atoms with E-state index in [0.717, 1.165) is 23.5 Å². The number of aromatic nitrogens is 1. The van der Waals surface area contributed by atoms with Crippen LogP contribution in [0.25, 0.3) is 0 Å². The fraction of sp³-hybridized carbons (Fsp3) is 0.0588.